The van der Waals surface area contributed by atoms with Crippen molar-refractivity contribution in [3.8, 4) is 5.75 Å². The van der Waals surface area contributed by atoms with Crippen molar-refractivity contribution in [3.05, 3.63) is 41.2 Å². The molecule has 2 aromatic rings. The van der Waals surface area contributed by atoms with E-state index in [0.29, 0.717) is 6.61 Å². The first kappa shape index (κ1) is 20.0. The number of rotatable bonds is 10. The number of carbonyl (C=O) groups excluding carboxylic acids is 1. The summed E-state index contributed by atoms with van der Waals surface area (Å²) in [6, 6.07) is 7.62. The van der Waals surface area contributed by atoms with E-state index >= 15 is 0 Å². The largest absolute Gasteiger partial charge is 0.494 e. The van der Waals surface area contributed by atoms with Gasteiger partial charge >= 0.3 is 0 Å². The molecule has 0 spiro atoms. The van der Waals surface area contributed by atoms with Crippen molar-refractivity contribution >= 4 is 11.6 Å². The highest BCUT2D eigenvalue weighted by molar-refractivity contribution is 5.83. The molecule has 142 valence electrons. The molecule has 2 rings (SSSR count). The maximum absolute atomic E-state index is 12.6. The molecule has 1 N–H and O–H groups in total. The molecule has 5 heteroatoms. The first-order chi connectivity index (χ1) is 12.6. The number of hydrogen-bond acceptors (Lipinski definition) is 4. The Bertz CT molecular complexity index is 705. The Balaban J connectivity index is 1.94. The molecule has 5 nitrogen and oxygen atoms in total. The fourth-order valence-corrected chi connectivity index (χ4v) is 3.10. The first-order valence-electron chi connectivity index (χ1n) is 9.61. The number of nitrogens with zero attached hydrogens (tertiary/aromatic N) is 2. The summed E-state index contributed by atoms with van der Waals surface area (Å²) < 4.78 is 6.97. The predicted molar refractivity (Wildman–Crippen MR) is 106 cm³/mol. The van der Waals surface area contributed by atoms with E-state index < -0.39 is 0 Å². The summed E-state index contributed by atoms with van der Waals surface area (Å²) in [6.07, 6.45) is 5.87. The van der Waals surface area contributed by atoms with E-state index in [1.807, 2.05) is 45.0 Å². The van der Waals surface area contributed by atoms with E-state index in [4.69, 9.17) is 4.74 Å². The van der Waals surface area contributed by atoms with Crippen LogP contribution in [0.1, 0.15) is 61.3 Å². The van der Waals surface area contributed by atoms with Gasteiger partial charge in [-0.25, -0.2) is 4.68 Å². The summed E-state index contributed by atoms with van der Waals surface area (Å²) in [5.41, 5.74) is 4.05. The minimum atomic E-state index is -0.0423. The molecule has 1 heterocycles. The van der Waals surface area contributed by atoms with E-state index in [9.17, 15) is 4.79 Å². The highest BCUT2D eigenvalue weighted by atomic mass is 16.5. The normalized spacial score (nSPS) is 10.8. The molecule has 0 saturated heterocycles. The van der Waals surface area contributed by atoms with Crippen molar-refractivity contribution in [2.45, 2.75) is 59.8 Å². The Hall–Kier alpha value is -2.30. The number of nitrogens with one attached hydrogen (secondary N) is 1. The number of benzene rings is 1. The highest BCUT2D eigenvalue weighted by Gasteiger charge is 2.16. The minimum absolute atomic E-state index is 0.0423. The van der Waals surface area contributed by atoms with Gasteiger partial charge in [-0.05, 0) is 63.4 Å². The summed E-state index contributed by atoms with van der Waals surface area (Å²) in [5.74, 6) is 0.787. The predicted octanol–water partition coefficient (Wildman–Crippen LogP) is 4.77. The van der Waals surface area contributed by atoms with Gasteiger partial charge in [0.2, 0.25) is 0 Å². The van der Waals surface area contributed by atoms with Crippen LogP contribution in [-0.4, -0.2) is 28.8 Å². The number of carbonyl (C=O) groups is 1. The molecular weight excluding hydrogens is 326 g/mol. The smallest absolute Gasteiger partial charge is 0.266 e. The molecule has 0 amide bonds. The van der Waals surface area contributed by atoms with E-state index in [-0.39, 0.29) is 12.5 Å². The van der Waals surface area contributed by atoms with Gasteiger partial charge in [-0.1, -0.05) is 26.2 Å². The summed E-state index contributed by atoms with van der Waals surface area (Å²) in [7, 11) is 0. The molecule has 0 aliphatic carbocycles. The number of hydrogen-bond donors (Lipinski definition) is 1. The molecule has 1 aromatic heterocycles. The third kappa shape index (κ3) is 5.35. The van der Waals surface area contributed by atoms with Crippen LogP contribution >= 0.6 is 0 Å². The van der Waals surface area contributed by atoms with Crippen LogP contribution in [0.5, 0.6) is 5.75 Å². The lowest BCUT2D eigenvalue weighted by molar-refractivity contribution is 0.0910. The van der Waals surface area contributed by atoms with Crippen LogP contribution in [0.3, 0.4) is 0 Å². The van der Waals surface area contributed by atoms with Crippen molar-refractivity contribution in [2.24, 2.45) is 0 Å². The van der Waals surface area contributed by atoms with E-state index in [0.717, 1.165) is 35.7 Å². The zero-order valence-electron chi connectivity index (χ0n) is 16.5. The first-order valence-corrected chi connectivity index (χ1v) is 9.61. The van der Waals surface area contributed by atoms with Crippen molar-refractivity contribution in [1.82, 2.24) is 9.78 Å². The van der Waals surface area contributed by atoms with Crippen molar-refractivity contribution in [2.75, 3.05) is 18.5 Å². The van der Waals surface area contributed by atoms with Gasteiger partial charge in [0.25, 0.3) is 5.91 Å². The molecule has 26 heavy (non-hydrogen) atoms. The minimum Gasteiger partial charge on any atom is -0.494 e. The van der Waals surface area contributed by atoms with Crippen LogP contribution < -0.4 is 10.1 Å². The van der Waals surface area contributed by atoms with Crippen LogP contribution in [0.15, 0.2) is 24.3 Å². The lowest BCUT2D eigenvalue weighted by Crippen LogP contribution is -2.23. The molecule has 0 aliphatic heterocycles. The lowest BCUT2D eigenvalue weighted by atomic mass is 10.0. The zero-order valence-corrected chi connectivity index (χ0v) is 16.5. The van der Waals surface area contributed by atoms with Gasteiger partial charge < -0.3 is 10.1 Å². The van der Waals surface area contributed by atoms with Gasteiger partial charge in [0.05, 0.1) is 18.8 Å². The Morgan fingerprint density at radius 3 is 2.50 bits per heavy atom. The van der Waals surface area contributed by atoms with Gasteiger partial charge in [0.1, 0.15) is 5.75 Å². The van der Waals surface area contributed by atoms with Crippen molar-refractivity contribution in [1.29, 1.82) is 0 Å². The molecule has 0 bridgehead atoms. The Labute approximate surface area is 156 Å². The van der Waals surface area contributed by atoms with E-state index in [1.54, 1.807) is 4.68 Å². The fraction of sp³-hybridized carbons (Fsp3) is 0.524. The van der Waals surface area contributed by atoms with Gasteiger partial charge in [-0.15, -0.1) is 0 Å². The van der Waals surface area contributed by atoms with Crippen LogP contribution in [0, 0.1) is 13.8 Å². The second-order valence-corrected chi connectivity index (χ2v) is 6.58. The molecule has 0 atom stereocenters. The number of unbranched alkanes of at least 4 members (excludes halogenated alkanes) is 3. The zero-order chi connectivity index (χ0) is 18.9. The highest BCUT2D eigenvalue weighted by Crippen LogP contribution is 2.18. The third-order valence-electron chi connectivity index (χ3n) is 4.57. The summed E-state index contributed by atoms with van der Waals surface area (Å²) in [6.45, 7) is 9.01. The summed E-state index contributed by atoms with van der Waals surface area (Å²) in [4.78, 5) is 12.6. The summed E-state index contributed by atoms with van der Waals surface area (Å²) in [5, 5.41) is 7.63. The van der Waals surface area contributed by atoms with Crippen LogP contribution in [0.2, 0.25) is 0 Å². The molecule has 0 unspecified atom stereocenters. The molecule has 0 radical (unpaired) electrons. The van der Waals surface area contributed by atoms with Gasteiger partial charge in [0.15, 0.2) is 0 Å². The van der Waals surface area contributed by atoms with Gasteiger partial charge in [-0.2, -0.15) is 5.10 Å². The molecule has 0 fully saturated rings. The third-order valence-corrected chi connectivity index (χ3v) is 4.57. The SMILES string of the molecule is CCCCCCc1c(C)nn(C(=O)CNc2ccc(OCC)cc2)c1C. The van der Waals surface area contributed by atoms with Crippen LogP contribution in [0.4, 0.5) is 5.69 Å². The standard InChI is InChI=1S/C21H31N3O2/c1-5-7-8-9-10-20-16(3)23-24(17(20)4)21(25)15-22-18-11-13-19(14-12-18)26-6-2/h11-14,22H,5-10,15H2,1-4H3. The maximum Gasteiger partial charge on any atom is 0.266 e. The Kier molecular flexibility index (Phi) is 7.70. The Morgan fingerprint density at radius 1 is 1.12 bits per heavy atom. The molecule has 1 aromatic carbocycles. The second kappa shape index (κ2) is 10.00. The second-order valence-electron chi connectivity index (χ2n) is 6.58. The quantitative estimate of drug-likeness (QED) is 0.622. The summed E-state index contributed by atoms with van der Waals surface area (Å²) >= 11 is 0. The monoisotopic (exact) mass is 357 g/mol. The lowest BCUT2D eigenvalue weighted by Gasteiger charge is -2.08. The number of aryl methyl sites for hydroxylation is 1. The number of ether oxygens (including phenoxy) is 1. The number of aromatic nitrogens is 2. The topological polar surface area (TPSA) is 56.2 Å². The van der Waals surface area contributed by atoms with E-state index in [1.165, 1.54) is 24.8 Å². The van der Waals surface area contributed by atoms with Crippen molar-refractivity contribution in [3.63, 3.8) is 0 Å². The van der Waals surface area contributed by atoms with Gasteiger partial charge in [-0.3, -0.25) is 4.79 Å². The average molecular weight is 357 g/mol. The molecule has 0 saturated carbocycles. The molecular formula is C21H31N3O2. The number of anilines is 1. The average Bonchev–Trinajstić information content (AvgIpc) is 2.92. The van der Waals surface area contributed by atoms with Crippen LogP contribution in [0.25, 0.3) is 0 Å². The fourth-order valence-electron chi connectivity index (χ4n) is 3.10. The van der Waals surface area contributed by atoms with Crippen LogP contribution in [-0.2, 0) is 6.42 Å². The van der Waals surface area contributed by atoms with Gasteiger partial charge in [0, 0.05) is 11.4 Å². The Morgan fingerprint density at radius 2 is 1.85 bits per heavy atom. The molecule has 0 aliphatic rings. The van der Waals surface area contributed by atoms with Crippen molar-refractivity contribution < 1.29 is 9.53 Å². The van der Waals surface area contributed by atoms with E-state index in [2.05, 4.69) is 17.3 Å². The maximum atomic E-state index is 12.6.